The van der Waals surface area contributed by atoms with Crippen molar-refractivity contribution in [3.05, 3.63) is 0 Å². The minimum atomic E-state index is -2.71. The van der Waals surface area contributed by atoms with Gasteiger partial charge in [0, 0.05) is 0 Å². The zero-order valence-corrected chi connectivity index (χ0v) is 15.8. The average molecular weight is 287 g/mol. The van der Waals surface area contributed by atoms with Crippen LogP contribution in [-0.4, -0.2) is 25.4 Å². The quantitative estimate of drug-likeness (QED) is 0.608. The summed E-state index contributed by atoms with van der Waals surface area (Å²) in [5, 5.41) is 0. The smallest absolute Gasteiger partial charge is 0.839 e. The second kappa shape index (κ2) is 7.65. The topological polar surface area (TPSA) is 41.5 Å². The van der Waals surface area contributed by atoms with Gasteiger partial charge in [0.15, 0.2) is 8.32 Å². The fraction of sp³-hybridized carbons (Fsp3) is 1.00. The van der Waals surface area contributed by atoms with E-state index < -0.39 is 25.4 Å². The average Bonchev–Trinajstić information content (AvgIpc) is 1.93. The number of hydrogen-bond acceptors (Lipinski definition) is 3. The van der Waals surface area contributed by atoms with E-state index in [0.29, 0.717) is 0 Å². The van der Waals surface area contributed by atoms with Crippen molar-refractivity contribution < 1.29 is 31.9 Å². The van der Waals surface area contributed by atoms with Gasteiger partial charge >= 0.3 is 27.4 Å². The molecule has 0 saturated heterocycles. The van der Waals surface area contributed by atoms with Gasteiger partial charge in [0.25, 0.3) is 0 Å². The van der Waals surface area contributed by atoms with Crippen molar-refractivity contribution in [3.8, 4) is 0 Å². The van der Waals surface area contributed by atoms with Gasteiger partial charge in [0.05, 0.1) is 8.56 Å². The normalized spacial score (nSPS) is 13.4. The summed E-state index contributed by atoms with van der Waals surface area (Å²) in [6.45, 7) is 14.0. The Kier molecular flexibility index (Phi) is 9.20. The molecule has 0 rings (SSSR count). The van der Waals surface area contributed by atoms with Crippen molar-refractivity contribution in [1.29, 1.82) is 0 Å². The Bertz CT molecular complexity index is 217. The first kappa shape index (κ1) is 20.4. The molecule has 0 saturated carbocycles. The molecular formula is C10H27LiO3Si3. The molecule has 0 radical (unpaired) electrons. The summed E-state index contributed by atoms with van der Waals surface area (Å²) >= 11 is 0. The van der Waals surface area contributed by atoms with Gasteiger partial charge in [-0.2, -0.15) is 0 Å². The molecule has 98 valence electrons. The molecule has 0 spiro atoms. The summed E-state index contributed by atoms with van der Waals surface area (Å²) in [7, 11) is -6.57. The first-order chi connectivity index (χ1) is 6.97. The van der Waals surface area contributed by atoms with Gasteiger partial charge < -0.3 is 13.0 Å². The van der Waals surface area contributed by atoms with Gasteiger partial charge in [0.2, 0.25) is 0 Å². The zero-order chi connectivity index (χ0) is 13.0. The van der Waals surface area contributed by atoms with Gasteiger partial charge in [-0.15, -0.1) is 0 Å². The summed E-state index contributed by atoms with van der Waals surface area (Å²) in [4.78, 5) is 11.7. The fourth-order valence-corrected chi connectivity index (χ4v) is 14.1. The van der Waals surface area contributed by atoms with Gasteiger partial charge in [-0.25, -0.2) is 0 Å². The molecular weight excluding hydrogens is 259 g/mol. The van der Waals surface area contributed by atoms with Crippen molar-refractivity contribution in [1.82, 2.24) is 0 Å². The number of rotatable bonds is 7. The third kappa shape index (κ3) is 11.9. The van der Waals surface area contributed by atoms with E-state index in [2.05, 4.69) is 20.0 Å². The van der Waals surface area contributed by atoms with Gasteiger partial charge in [-0.05, 0) is 32.2 Å². The van der Waals surface area contributed by atoms with Crippen molar-refractivity contribution >= 4 is 25.4 Å². The Balaban J connectivity index is 0. The SMILES string of the molecule is CCCC[Si](C)(C)O[Si](C)(C)O[Si](C)(C)[O-].[Li+]. The molecule has 0 aliphatic carbocycles. The molecule has 7 heteroatoms. The molecule has 17 heavy (non-hydrogen) atoms. The molecule has 0 aromatic heterocycles. The minimum absolute atomic E-state index is 0. The zero-order valence-electron chi connectivity index (χ0n) is 12.8. The Morgan fingerprint density at radius 2 is 1.41 bits per heavy atom. The maximum atomic E-state index is 11.7. The molecule has 0 unspecified atom stereocenters. The maximum absolute atomic E-state index is 11.7. The molecule has 0 N–H and O–H groups in total. The third-order valence-electron chi connectivity index (χ3n) is 2.15. The van der Waals surface area contributed by atoms with Crippen LogP contribution in [0.3, 0.4) is 0 Å². The van der Waals surface area contributed by atoms with Crippen molar-refractivity contribution in [2.75, 3.05) is 0 Å². The summed E-state index contributed by atoms with van der Waals surface area (Å²) in [6.07, 6.45) is 2.41. The van der Waals surface area contributed by atoms with E-state index in [-0.39, 0.29) is 18.9 Å². The standard InChI is InChI=1S/C10H27O3Si3.Li/c1-8-9-10-14(2,3)12-16(6,7)13-15(4,5)11;/h8-10H2,1-7H3;/q-1;+1. The van der Waals surface area contributed by atoms with Crippen LogP contribution in [0, 0.1) is 0 Å². The largest absolute Gasteiger partial charge is 1.00 e. The van der Waals surface area contributed by atoms with Crippen LogP contribution in [0.15, 0.2) is 0 Å². The van der Waals surface area contributed by atoms with Crippen LogP contribution in [0.25, 0.3) is 0 Å². The molecule has 0 heterocycles. The molecule has 0 aliphatic rings. The van der Waals surface area contributed by atoms with E-state index in [1.807, 2.05) is 13.1 Å². The summed E-state index contributed by atoms with van der Waals surface area (Å²) in [5.41, 5.74) is 0. The third-order valence-corrected chi connectivity index (χ3v) is 11.8. The Morgan fingerprint density at radius 1 is 0.941 bits per heavy atom. The Morgan fingerprint density at radius 3 is 1.76 bits per heavy atom. The number of unbranched alkanes of at least 4 members (excludes halogenated alkanes) is 1. The van der Waals surface area contributed by atoms with Crippen LogP contribution in [0.5, 0.6) is 0 Å². The van der Waals surface area contributed by atoms with Crippen LogP contribution in [0.4, 0.5) is 0 Å². The fourth-order valence-electron chi connectivity index (χ4n) is 1.93. The van der Waals surface area contributed by atoms with E-state index in [1.54, 1.807) is 13.1 Å². The molecule has 0 aliphatic heterocycles. The first-order valence-corrected chi connectivity index (χ1v) is 14.8. The Labute approximate surface area is 122 Å². The number of hydrogen-bond donors (Lipinski definition) is 0. The predicted molar refractivity (Wildman–Crippen MR) is 74.3 cm³/mol. The molecule has 0 fully saturated rings. The van der Waals surface area contributed by atoms with E-state index in [9.17, 15) is 4.80 Å². The molecule has 0 aromatic carbocycles. The summed E-state index contributed by atoms with van der Waals surface area (Å²) in [5.74, 6) is 0. The van der Waals surface area contributed by atoms with Gasteiger partial charge in [0.1, 0.15) is 0 Å². The van der Waals surface area contributed by atoms with Crippen molar-refractivity contribution in [3.63, 3.8) is 0 Å². The first-order valence-electron chi connectivity index (χ1n) is 6.08. The van der Waals surface area contributed by atoms with Crippen LogP contribution >= 0.6 is 0 Å². The van der Waals surface area contributed by atoms with Gasteiger partial charge in [-0.3, -0.25) is 0 Å². The van der Waals surface area contributed by atoms with E-state index in [1.165, 1.54) is 12.8 Å². The van der Waals surface area contributed by atoms with Gasteiger partial charge in [-0.1, -0.05) is 32.9 Å². The summed E-state index contributed by atoms with van der Waals surface area (Å²) < 4.78 is 11.9. The van der Waals surface area contributed by atoms with Crippen LogP contribution < -0.4 is 23.7 Å². The monoisotopic (exact) mass is 286 g/mol. The molecule has 0 bridgehead atoms. The minimum Gasteiger partial charge on any atom is -0.839 e. The Hall–Kier alpha value is 1.13. The second-order valence-electron chi connectivity index (χ2n) is 5.87. The second-order valence-corrected chi connectivity index (χ2v) is 17.1. The van der Waals surface area contributed by atoms with E-state index in [0.717, 1.165) is 6.04 Å². The molecule has 3 nitrogen and oxygen atoms in total. The van der Waals surface area contributed by atoms with Crippen molar-refractivity contribution in [2.45, 2.75) is 65.1 Å². The molecule has 0 amide bonds. The van der Waals surface area contributed by atoms with E-state index >= 15 is 0 Å². The maximum Gasteiger partial charge on any atom is 1.00 e. The van der Waals surface area contributed by atoms with Crippen molar-refractivity contribution in [2.24, 2.45) is 0 Å². The van der Waals surface area contributed by atoms with Crippen LogP contribution in [0.1, 0.15) is 19.8 Å². The van der Waals surface area contributed by atoms with E-state index in [4.69, 9.17) is 8.23 Å². The van der Waals surface area contributed by atoms with Crippen LogP contribution in [-0.2, 0) is 8.23 Å². The van der Waals surface area contributed by atoms with Crippen LogP contribution in [0.2, 0.25) is 45.3 Å². The predicted octanol–water partition coefficient (Wildman–Crippen LogP) is -0.207. The molecule has 0 atom stereocenters. The molecule has 0 aromatic rings. The summed E-state index contributed by atoms with van der Waals surface area (Å²) in [6, 6.07) is 1.16.